The molecule has 154 valence electrons. The van der Waals surface area contributed by atoms with Gasteiger partial charge in [0.05, 0.1) is 16.4 Å². The van der Waals surface area contributed by atoms with Gasteiger partial charge in [-0.15, -0.1) is 11.3 Å². The maximum atomic E-state index is 13.4. The largest absolute Gasteiger partial charge is 0.396 e. The van der Waals surface area contributed by atoms with Crippen LogP contribution in [0.15, 0.2) is 17.0 Å². The van der Waals surface area contributed by atoms with Crippen molar-refractivity contribution >= 4 is 21.4 Å². The third-order valence-electron chi connectivity index (χ3n) is 6.10. The van der Waals surface area contributed by atoms with Gasteiger partial charge in [-0.1, -0.05) is 6.92 Å². The second-order valence-corrected chi connectivity index (χ2v) is 11.4. The number of sulfonamides is 1. The van der Waals surface area contributed by atoms with Gasteiger partial charge in [0.1, 0.15) is 5.69 Å². The fraction of sp³-hybridized carbons (Fsp3) is 0.632. The van der Waals surface area contributed by atoms with Gasteiger partial charge in [0.2, 0.25) is 10.0 Å². The Balaban J connectivity index is 1.60. The molecule has 0 spiro atoms. The van der Waals surface area contributed by atoms with Gasteiger partial charge in [-0.2, -0.15) is 9.40 Å². The molecule has 4 rings (SSSR count). The number of hydrogen-bond donors (Lipinski definition) is 2. The van der Waals surface area contributed by atoms with E-state index in [9.17, 15) is 13.5 Å². The van der Waals surface area contributed by atoms with Gasteiger partial charge in [-0.05, 0) is 44.9 Å². The molecule has 0 amide bonds. The SMILES string of the molecule is CCCN1CC2CN(S(=O)(=O)c3cc(-c4cc(C)[nH]n4)sc3C)CC2(CO)C1. The number of rotatable bonds is 6. The third-order valence-corrected chi connectivity index (χ3v) is 9.24. The molecule has 0 radical (unpaired) electrons. The van der Waals surface area contributed by atoms with Gasteiger partial charge >= 0.3 is 0 Å². The minimum Gasteiger partial charge on any atom is -0.396 e. The normalized spacial score (nSPS) is 26.2. The zero-order valence-electron chi connectivity index (χ0n) is 16.6. The highest BCUT2D eigenvalue weighted by molar-refractivity contribution is 7.89. The van der Waals surface area contributed by atoms with Crippen LogP contribution >= 0.6 is 11.3 Å². The molecule has 2 aromatic heterocycles. The first-order valence-electron chi connectivity index (χ1n) is 9.75. The van der Waals surface area contributed by atoms with Crippen LogP contribution in [0.4, 0.5) is 0 Å². The van der Waals surface area contributed by atoms with Gasteiger partial charge in [0.15, 0.2) is 0 Å². The first-order chi connectivity index (χ1) is 13.3. The molecule has 7 nitrogen and oxygen atoms in total. The number of aliphatic hydroxyl groups excluding tert-OH is 1. The minimum absolute atomic E-state index is 0.0321. The van der Waals surface area contributed by atoms with E-state index in [0.29, 0.717) is 18.0 Å². The number of likely N-dealkylation sites (tertiary alicyclic amines) is 1. The van der Waals surface area contributed by atoms with E-state index in [2.05, 4.69) is 22.0 Å². The first-order valence-corrected chi connectivity index (χ1v) is 12.0. The third kappa shape index (κ3) is 3.23. The van der Waals surface area contributed by atoms with Crippen molar-refractivity contribution in [1.82, 2.24) is 19.4 Å². The molecule has 2 atom stereocenters. The van der Waals surface area contributed by atoms with E-state index in [0.717, 1.165) is 47.2 Å². The van der Waals surface area contributed by atoms with Crippen molar-refractivity contribution in [3.63, 3.8) is 0 Å². The van der Waals surface area contributed by atoms with Crippen molar-refractivity contribution in [3.05, 3.63) is 22.7 Å². The van der Waals surface area contributed by atoms with Crippen molar-refractivity contribution in [2.24, 2.45) is 11.3 Å². The molecule has 0 aromatic carbocycles. The monoisotopic (exact) mass is 424 g/mol. The van der Waals surface area contributed by atoms with Crippen LogP contribution < -0.4 is 0 Å². The molecule has 9 heteroatoms. The van der Waals surface area contributed by atoms with Crippen molar-refractivity contribution in [3.8, 4) is 10.6 Å². The topological polar surface area (TPSA) is 89.5 Å². The Labute approximate surface area is 170 Å². The number of nitrogens with zero attached hydrogens (tertiary/aromatic N) is 3. The number of aromatic nitrogens is 2. The van der Waals surface area contributed by atoms with Crippen LogP contribution in [0.2, 0.25) is 0 Å². The summed E-state index contributed by atoms with van der Waals surface area (Å²) in [5.74, 6) is 0.186. The Morgan fingerprint density at radius 1 is 1.32 bits per heavy atom. The molecule has 2 aliphatic heterocycles. The molecule has 2 fully saturated rings. The average molecular weight is 425 g/mol. The molecule has 2 unspecified atom stereocenters. The van der Waals surface area contributed by atoms with Gasteiger partial charge < -0.3 is 10.0 Å². The maximum absolute atomic E-state index is 13.4. The summed E-state index contributed by atoms with van der Waals surface area (Å²) in [5, 5.41) is 17.3. The number of nitrogens with one attached hydrogen (secondary N) is 1. The molecule has 2 aliphatic rings. The van der Waals surface area contributed by atoms with E-state index in [4.69, 9.17) is 0 Å². The second-order valence-electron chi connectivity index (χ2n) is 8.22. The standard InChI is InChI=1S/C19H28N4O3S2/c1-4-5-22-8-15-9-23(11-19(15,10-22)12-24)28(25,26)18-7-17(27-14(18)3)16-6-13(2)20-21-16/h6-7,15,24H,4-5,8-12H2,1-3H3,(H,20,21). The van der Waals surface area contributed by atoms with Crippen LogP contribution in [0, 0.1) is 25.2 Å². The fourth-order valence-electron chi connectivity index (χ4n) is 4.67. The number of aromatic amines is 1. The van der Waals surface area contributed by atoms with Crippen LogP contribution in [0.25, 0.3) is 10.6 Å². The Hall–Kier alpha value is -1.26. The molecular weight excluding hydrogens is 396 g/mol. The van der Waals surface area contributed by atoms with E-state index < -0.39 is 10.0 Å². The van der Waals surface area contributed by atoms with Crippen LogP contribution in [0.3, 0.4) is 0 Å². The lowest BCUT2D eigenvalue weighted by molar-refractivity contribution is 0.120. The number of fused-ring (bicyclic) bond motifs is 1. The molecule has 0 bridgehead atoms. The highest BCUT2D eigenvalue weighted by Crippen LogP contribution is 2.45. The molecule has 0 aliphatic carbocycles. The summed E-state index contributed by atoms with van der Waals surface area (Å²) in [6, 6.07) is 3.67. The minimum atomic E-state index is -3.59. The van der Waals surface area contributed by atoms with E-state index in [1.54, 1.807) is 10.4 Å². The molecule has 2 saturated heterocycles. The molecular formula is C19H28N4O3S2. The first kappa shape index (κ1) is 20.0. The van der Waals surface area contributed by atoms with E-state index in [-0.39, 0.29) is 17.9 Å². The smallest absolute Gasteiger partial charge is 0.244 e. The number of H-pyrrole nitrogens is 1. The van der Waals surface area contributed by atoms with Crippen molar-refractivity contribution in [2.45, 2.75) is 32.1 Å². The zero-order valence-corrected chi connectivity index (χ0v) is 18.2. The predicted molar refractivity (Wildman–Crippen MR) is 110 cm³/mol. The highest BCUT2D eigenvalue weighted by Gasteiger charge is 2.54. The van der Waals surface area contributed by atoms with E-state index in [1.165, 1.54) is 11.3 Å². The van der Waals surface area contributed by atoms with Gasteiger partial charge in [-0.3, -0.25) is 5.10 Å². The number of hydrogen-bond acceptors (Lipinski definition) is 6. The quantitative estimate of drug-likeness (QED) is 0.741. The van der Waals surface area contributed by atoms with Gasteiger partial charge in [0.25, 0.3) is 0 Å². The molecule has 28 heavy (non-hydrogen) atoms. The summed E-state index contributed by atoms with van der Waals surface area (Å²) in [6.45, 7) is 9.46. The molecule has 4 heterocycles. The lowest BCUT2D eigenvalue weighted by atomic mass is 9.82. The number of aliphatic hydroxyl groups is 1. The van der Waals surface area contributed by atoms with Crippen LogP contribution in [0.5, 0.6) is 0 Å². The summed E-state index contributed by atoms with van der Waals surface area (Å²) >= 11 is 1.45. The maximum Gasteiger partial charge on any atom is 0.244 e. The van der Waals surface area contributed by atoms with Crippen molar-refractivity contribution in [1.29, 1.82) is 0 Å². The molecule has 2 aromatic rings. The Kier molecular flexibility index (Phi) is 5.16. The van der Waals surface area contributed by atoms with Crippen LogP contribution in [0.1, 0.15) is 23.9 Å². The molecule has 0 saturated carbocycles. The number of thiophene rings is 1. The Morgan fingerprint density at radius 3 is 2.71 bits per heavy atom. The van der Waals surface area contributed by atoms with E-state index >= 15 is 0 Å². The van der Waals surface area contributed by atoms with E-state index in [1.807, 2.05) is 19.9 Å². The predicted octanol–water partition coefficient (Wildman–Crippen LogP) is 2.08. The second kappa shape index (κ2) is 7.21. The van der Waals surface area contributed by atoms with Crippen molar-refractivity contribution in [2.75, 3.05) is 39.3 Å². The van der Waals surface area contributed by atoms with Crippen LogP contribution in [-0.2, 0) is 10.0 Å². The zero-order chi connectivity index (χ0) is 20.1. The summed E-state index contributed by atoms with van der Waals surface area (Å²) in [4.78, 5) is 4.36. The van der Waals surface area contributed by atoms with Gasteiger partial charge in [0, 0.05) is 42.2 Å². The molecule has 2 N–H and O–H groups in total. The Morgan fingerprint density at radius 2 is 2.11 bits per heavy atom. The Bertz CT molecular complexity index is 968. The van der Waals surface area contributed by atoms with Gasteiger partial charge in [-0.25, -0.2) is 8.42 Å². The summed E-state index contributed by atoms with van der Waals surface area (Å²) in [5.41, 5.74) is 1.38. The van der Waals surface area contributed by atoms with Crippen molar-refractivity contribution < 1.29 is 13.5 Å². The lowest BCUT2D eigenvalue weighted by Crippen LogP contribution is -2.39. The average Bonchev–Trinajstić information content (AvgIpc) is 3.37. The lowest BCUT2D eigenvalue weighted by Gasteiger charge is -2.27. The number of aryl methyl sites for hydroxylation is 2. The fourth-order valence-corrected chi connectivity index (χ4v) is 7.77. The summed E-state index contributed by atoms with van der Waals surface area (Å²) < 4.78 is 28.4. The highest BCUT2D eigenvalue weighted by atomic mass is 32.2. The summed E-state index contributed by atoms with van der Waals surface area (Å²) in [6.07, 6.45) is 1.07. The summed E-state index contributed by atoms with van der Waals surface area (Å²) in [7, 11) is -3.59. The van der Waals surface area contributed by atoms with Crippen LogP contribution in [-0.4, -0.2) is 72.3 Å².